The summed E-state index contributed by atoms with van der Waals surface area (Å²) in [5, 5.41) is 0. The highest BCUT2D eigenvalue weighted by Crippen LogP contribution is 2.19. The van der Waals surface area contributed by atoms with Crippen LogP contribution in [0.5, 0.6) is 0 Å². The van der Waals surface area contributed by atoms with Crippen LogP contribution < -0.4 is 0 Å². The van der Waals surface area contributed by atoms with Gasteiger partial charge >= 0.3 is 6.09 Å². The predicted octanol–water partition coefficient (Wildman–Crippen LogP) is 1.83. The summed E-state index contributed by atoms with van der Waals surface area (Å²) in [6.07, 6.45) is 2.38. The van der Waals surface area contributed by atoms with E-state index in [2.05, 4.69) is 0 Å². The third-order valence-corrected chi connectivity index (χ3v) is 3.23. The van der Waals surface area contributed by atoms with Gasteiger partial charge < -0.3 is 9.64 Å². The molecule has 19 heavy (non-hydrogen) atoms. The fourth-order valence-electron chi connectivity index (χ4n) is 1.73. The van der Waals surface area contributed by atoms with Crippen molar-refractivity contribution in [3.05, 3.63) is 11.6 Å². The molecule has 0 aromatic carbocycles. The molecule has 0 spiro atoms. The topological polar surface area (TPSA) is 83.9 Å². The maximum absolute atomic E-state index is 11.8. The molecule has 1 heterocycles. The Kier molecular flexibility index (Phi) is 4.98. The zero-order valence-electron chi connectivity index (χ0n) is 11.5. The van der Waals surface area contributed by atoms with E-state index in [-0.39, 0.29) is 11.8 Å². The standard InChI is InChI=1S/C12H21NO5S/c1-12(2,3)18-11(14)13-7-4-10(5-8-13)6-9-19(15,16)17/h6H,4-5,7-9H2,1-3H3,(H,15,16,17). The maximum atomic E-state index is 11.8. The molecule has 1 rings (SSSR count). The zero-order valence-corrected chi connectivity index (χ0v) is 12.4. The monoisotopic (exact) mass is 291 g/mol. The van der Waals surface area contributed by atoms with Crippen molar-refractivity contribution in [3.8, 4) is 0 Å². The predicted molar refractivity (Wildman–Crippen MR) is 71.5 cm³/mol. The van der Waals surface area contributed by atoms with Crippen LogP contribution in [0, 0.1) is 0 Å². The van der Waals surface area contributed by atoms with Gasteiger partial charge in [0.15, 0.2) is 0 Å². The largest absolute Gasteiger partial charge is 0.444 e. The van der Waals surface area contributed by atoms with Gasteiger partial charge in [-0.2, -0.15) is 8.42 Å². The number of piperidine rings is 1. The van der Waals surface area contributed by atoms with E-state index in [1.54, 1.807) is 4.90 Å². The SMILES string of the molecule is CC(C)(C)OC(=O)N1CCC(=CCS(=O)(=O)O)CC1. The van der Waals surface area contributed by atoms with Gasteiger partial charge in [0.2, 0.25) is 0 Å². The van der Waals surface area contributed by atoms with Crippen LogP contribution in [0.4, 0.5) is 4.79 Å². The number of carbonyl (C=O) groups is 1. The summed E-state index contributed by atoms with van der Waals surface area (Å²) in [5.41, 5.74) is 0.426. The molecule has 110 valence electrons. The van der Waals surface area contributed by atoms with Crippen LogP contribution in [0.25, 0.3) is 0 Å². The number of rotatable bonds is 2. The molecule has 1 saturated heterocycles. The molecule has 1 amide bonds. The lowest BCUT2D eigenvalue weighted by atomic mass is 10.0. The third kappa shape index (κ3) is 6.58. The molecule has 1 aliphatic heterocycles. The van der Waals surface area contributed by atoms with Crippen molar-refractivity contribution >= 4 is 16.2 Å². The quantitative estimate of drug-likeness (QED) is 0.620. The first-order valence-electron chi connectivity index (χ1n) is 6.18. The molecule has 6 nitrogen and oxygen atoms in total. The summed E-state index contributed by atoms with van der Waals surface area (Å²) in [4.78, 5) is 13.4. The molecule has 1 fully saturated rings. The summed E-state index contributed by atoms with van der Waals surface area (Å²) in [6, 6.07) is 0. The van der Waals surface area contributed by atoms with E-state index >= 15 is 0 Å². The van der Waals surface area contributed by atoms with Gasteiger partial charge in [0.1, 0.15) is 5.60 Å². The number of amides is 1. The third-order valence-electron chi connectivity index (χ3n) is 2.64. The number of likely N-dealkylation sites (tertiary alicyclic amines) is 1. The van der Waals surface area contributed by atoms with Crippen LogP contribution in [0.15, 0.2) is 11.6 Å². The number of hydrogen-bond acceptors (Lipinski definition) is 4. The minimum absolute atomic E-state index is 0.346. The second kappa shape index (κ2) is 5.92. The van der Waals surface area contributed by atoms with E-state index in [1.807, 2.05) is 20.8 Å². The average Bonchev–Trinajstić information content (AvgIpc) is 2.23. The first-order chi connectivity index (χ1) is 8.57. The zero-order chi connectivity index (χ0) is 14.7. The summed E-state index contributed by atoms with van der Waals surface area (Å²) in [7, 11) is -3.96. The molecule has 0 aromatic heterocycles. The van der Waals surface area contributed by atoms with Crippen LogP contribution in [0.1, 0.15) is 33.6 Å². The van der Waals surface area contributed by atoms with Crippen molar-refractivity contribution in [1.29, 1.82) is 0 Å². The van der Waals surface area contributed by atoms with E-state index < -0.39 is 15.7 Å². The first kappa shape index (κ1) is 16.0. The van der Waals surface area contributed by atoms with E-state index in [4.69, 9.17) is 9.29 Å². The maximum Gasteiger partial charge on any atom is 0.410 e. The number of carbonyl (C=O) groups excluding carboxylic acids is 1. The van der Waals surface area contributed by atoms with Gasteiger partial charge in [-0.05, 0) is 33.6 Å². The molecule has 0 saturated carbocycles. The lowest BCUT2D eigenvalue weighted by molar-refractivity contribution is 0.0236. The molecular weight excluding hydrogens is 270 g/mol. The summed E-state index contributed by atoms with van der Waals surface area (Å²) >= 11 is 0. The molecule has 0 aliphatic carbocycles. The molecular formula is C12H21NO5S. The molecule has 0 atom stereocenters. The number of hydrogen-bond donors (Lipinski definition) is 1. The first-order valence-corrected chi connectivity index (χ1v) is 7.79. The Morgan fingerprint density at radius 1 is 1.37 bits per heavy atom. The van der Waals surface area contributed by atoms with Crippen molar-refractivity contribution < 1.29 is 22.5 Å². The number of ether oxygens (including phenoxy) is 1. The van der Waals surface area contributed by atoms with Crippen LogP contribution >= 0.6 is 0 Å². The van der Waals surface area contributed by atoms with Gasteiger partial charge in [0, 0.05) is 13.1 Å². The molecule has 0 unspecified atom stereocenters. The van der Waals surface area contributed by atoms with Gasteiger partial charge in [-0.1, -0.05) is 11.6 Å². The van der Waals surface area contributed by atoms with E-state index in [0.717, 1.165) is 5.57 Å². The highest BCUT2D eigenvalue weighted by atomic mass is 32.2. The Labute approximate surface area is 114 Å². The lowest BCUT2D eigenvalue weighted by Crippen LogP contribution is -2.40. The smallest absolute Gasteiger partial charge is 0.410 e. The second-order valence-electron chi connectivity index (χ2n) is 5.58. The van der Waals surface area contributed by atoms with Gasteiger partial charge in [-0.3, -0.25) is 4.55 Å². The highest BCUT2D eigenvalue weighted by Gasteiger charge is 2.24. The van der Waals surface area contributed by atoms with Gasteiger partial charge in [0.25, 0.3) is 10.1 Å². The van der Waals surface area contributed by atoms with Gasteiger partial charge in [0.05, 0.1) is 5.75 Å². The van der Waals surface area contributed by atoms with Gasteiger partial charge in [-0.15, -0.1) is 0 Å². The fourth-order valence-corrected chi connectivity index (χ4v) is 2.18. The summed E-state index contributed by atoms with van der Waals surface area (Å²) < 4.78 is 35.2. The molecule has 1 aliphatic rings. The fraction of sp³-hybridized carbons (Fsp3) is 0.750. The Bertz CT molecular complexity index is 451. The van der Waals surface area contributed by atoms with Crippen molar-refractivity contribution in [3.63, 3.8) is 0 Å². The van der Waals surface area contributed by atoms with Crippen LogP contribution in [0.3, 0.4) is 0 Å². The lowest BCUT2D eigenvalue weighted by Gasteiger charge is -2.31. The molecule has 0 radical (unpaired) electrons. The Morgan fingerprint density at radius 3 is 2.32 bits per heavy atom. The molecule has 0 aromatic rings. The van der Waals surface area contributed by atoms with Crippen molar-refractivity contribution in [2.45, 2.75) is 39.2 Å². The van der Waals surface area contributed by atoms with Crippen molar-refractivity contribution in [2.24, 2.45) is 0 Å². The summed E-state index contributed by atoms with van der Waals surface area (Å²) in [5.74, 6) is -0.366. The van der Waals surface area contributed by atoms with E-state index in [0.29, 0.717) is 25.9 Å². The van der Waals surface area contributed by atoms with Crippen LogP contribution in [0.2, 0.25) is 0 Å². The Balaban J connectivity index is 2.47. The second-order valence-corrected chi connectivity index (χ2v) is 7.08. The number of nitrogens with zero attached hydrogens (tertiary/aromatic N) is 1. The van der Waals surface area contributed by atoms with Crippen LogP contribution in [-0.2, 0) is 14.9 Å². The van der Waals surface area contributed by atoms with Crippen molar-refractivity contribution in [1.82, 2.24) is 4.90 Å². The summed E-state index contributed by atoms with van der Waals surface area (Å²) in [6.45, 7) is 6.45. The van der Waals surface area contributed by atoms with Gasteiger partial charge in [-0.25, -0.2) is 4.79 Å². The molecule has 0 bridgehead atoms. The molecule has 1 N–H and O–H groups in total. The van der Waals surface area contributed by atoms with Crippen molar-refractivity contribution in [2.75, 3.05) is 18.8 Å². The molecule has 7 heteroatoms. The minimum atomic E-state index is -3.96. The van der Waals surface area contributed by atoms with E-state index in [9.17, 15) is 13.2 Å². The average molecular weight is 291 g/mol. The normalized spacial score (nSPS) is 17.3. The minimum Gasteiger partial charge on any atom is -0.444 e. The highest BCUT2D eigenvalue weighted by molar-refractivity contribution is 7.85. The van der Waals surface area contributed by atoms with Crippen LogP contribution in [-0.4, -0.2) is 48.4 Å². The Hall–Kier alpha value is -1.08. The van der Waals surface area contributed by atoms with E-state index in [1.165, 1.54) is 6.08 Å². The Morgan fingerprint density at radius 2 is 1.89 bits per heavy atom.